The van der Waals surface area contributed by atoms with Crippen molar-refractivity contribution < 1.29 is 13.6 Å². The second kappa shape index (κ2) is 7.50. The first-order chi connectivity index (χ1) is 15.0. The molecule has 0 spiro atoms. The Labute approximate surface area is 177 Å². The number of amides is 1. The van der Waals surface area contributed by atoms with E-state index in [1.807, 2.05) is 6.20 Å². The van der Waals surface area contributed by atoms with Crippen molar-refractivity contribution in [3.63, 3.8) is 0 Å². The molecule has 9 heteroatoms. The van der Waals surface area contributed by atoms with Gasteiger partial charge in [-0.2, -0.15) is 0 Å². The summed E-state index contributed by atoms with van der Waals surface area (Å²) in [4.78, 5) is 27.8. The highest BCUT2D eigenvalue weighted by atomic mass is 19.1. The van der Waals surface area contributed by atoms with Gasteiger partial charge in [-0.15, -0.1) is 0 Å². The maximum atomic E-state index is 14.6. The fourth-order valence-corrected chi connectivity index (χ4v) is 3.87. The molecule has 31 heavy (non-hydrogen) atoms. The monoisotopic (exact) mass is 420 g/mol. The lowest BCUT2D eigenvalue weighted by molar-refractivity contribution is 0.0994. The number of nitrogens with one attached hydrogen (secondary N) is 1. The number of hydrogen-bond acceptors (Lipinski definition) is 6. The Bertz CT molecular complexity index is 1290. The average Bonchev–Trinajstić information content (AvgIpc) is 3.48. The molecule has 1 aliphatic rings. The van der Waals surface area contributed by atoms with Crippen molar-refractivity contribution in [2.24, 2.45) is 0 Å². The molecular weight excluding hydrogens is 399 g/mol. The van der Waals surface area contributed by atoms with Crippen molar-refractivity contribution in [1.82, 2.24) is 19.4 Å². The highest BCUT2D eigenvalue weighted by Gasteiger charge is 2.18. The number of carbonyl (C=O) groups excluding carboxylic acids is 1. The van der Waals surface area contributed by atoms with E-state index in [9.17, 15) is 9.18 Å². The molecule has 1 saturated heterocycles. The van der Waals surface area contributed by atoms with E-state index in [4.69, 9.17) is 4.42 Å². The lowest BCUT2D eigenvalue weighted by Crippen LogP contribution is -2.18. The summed E-state index contributed by atoms with van der Waals surface area (Å²) < 4.78 is 21.8. The summed E-state index contributed by atoms with van der Waals surface area (Å²) in [6, 6.07) is 4.35. The number of aryl methyl sites for hydroxylation is 2. The van der Waals surface area contributed by atoms with Crippen LogP contribution in [0.5, 0.6) is 0 Å². The molecule has 0 atom stereocenters. The smallest absolute Gasteiger partial charge is 0.293 e. The summed E-state index contributed by atoms with van der Waals surface area (Å²) in [6.07, 6.45) is 7.85. The van der Waals surface area contributed by atoms with Crippen LogP contribution < -0.4 is 10.2 Å². The van der Waals surface area contributed by atoms with Crippen molar-refractivity contribution in [3.8, 4) is 11.3 Å². The summed E-state index contributed by atoms with van der Waals surface area (Å²) in [5.41, 5.74) is 2.66. The normalized spacial score (nSPS) is 13.8. The Balaban J connectivity index is 1.45. The van der Waals surface area contributed by atoms with E-state index in [1.165, 1.54) is 25.0 Å². The fourth-order valence-electron chi connectivity index (χ4n) is 3.87. The van der Waals surface area contributed by atoms with Crippen LogP contribution in [0.1, 0.15) is 35.0 Å². The molecule has 5 rings (SSSR count). The number of imidazole rings is 1. The third-order valence-electron chi connectivity index (χ3n) is 5.38. The molecule has 0 saturated carbocycles. The molecule has 8 nitrogen and oxygen atoms in total. The molecule has 158 valence electrons. The minimum Gasteiger partial charge on any atom is -0.436 e. The number of halogens is 1. The van der Waals surface area contributed by atoms with E-state index in [2.05, 4.69) is 25.2 Å². The average molecular weight is 420 g/mol. The molecule has 1 fully saturated rings. The van der Waals surface area contributed by atoms with Crippen LogP contribution in [0, 0.1) is 19.7 Å². The van der Waals surface area contributed by atoms with Crippen LogP contribution in [0.3, 0.4) is 0 Å². The van der Waals surface area contributed by atoms with Crippen LogP contribution >= 0.6 is 0 Å². The molecule has 1 N–H and O–H groups in total. The lowest BCUT2D eigenvalue weighted by atomic mass is 10.1. The van der Waals surface area contributed by atoms with Crippen molar-refractivity contribution in [3.05, 3.63) is 60.0 Å². The third kappa shape index (κ3) is 3.63. The Hall–Kier alpha value is -3.75. The minimum absolute atomic E-state index is 0.134. The van der Waals surface area contributed by atoms with Crippen LogP contribution in [0.2, 0.25) is 0 Å². The molecule has 4 aromatic rings. The molecule has 1 amide bonds. The molecule has 4 heterocycles. The van der Waals surface area contributed by atoms with Crippen molar-refractivity contribution in [2.75, 3.05) is 23.3 Å². The Kier molecular flexibility index (Phi) is 4.65. The van der Waals surface area contributed by atoms with Crippen LogP contribution in [0.15, 0.2) is 41.2 Å². The SMILES string of the molecule is Cc1nc(C)c(C(=O)Nc2ccc(F)c(-c3cn4cc(N5CCCC5)cnc4n3)c2)o1. The summed E-state index contributed by atoms with van der Waals surface area (Å²) in [5, 5.41) is 2.73. The van der Waals surface area contributed by atoms with E-state index in [-0.39, 0.29) is 11.3 Å². The first-order valence-electron chi connectivity index (χ1n) is 10.1. The lowest BCUT2D eigenvalue weighted by Gasteiger charge is -2.16. The van der Waals surface area contributed by atoms with Crippen LogP contribution in [-0.2, 0) is 0 Å². The van der Waals surface area contributed by atoms with Crippen LogP contribution in [-0.4, -0.2) is 38.3 Å². The fraction of sp³-hybridized carbons (Fsp3) is 0.273. The highest BCUT2D eigenvalue weighted by molar-refractivity contribution is 6.03. The Morgan fingerprint density at radius 3 is 2.71 bits per heavy atom. The number of nitrogens with zero attached hydrogens (tertiary/aromatic N) is 5. The van der Waals surface area contributed by atoms with Gasteiger partial charge < -0.3 is 14.6 Å². The number of carbonyl (C=O) groups is 1. The quantitative estimate of drug-likeness (QED) is 0.537. The van der Waals surface area contributed by atoms with Gasteiger partial charge in [-0.05, 0) is 38.0 Å². The molecule has 0 unspecified atom stereocenters. The van der Waals surface area contributed by atoms with E-state index < -0.39 is 11.7 Å². The van der Waals surface area contributed by atoms with Crippen molar-refractivity contribution in [2.45, 2.75) is 26.7 Å². The number of oxazole rings is 1. The molecule has 0 bridgehead atoms. The van der Waals surface area contributed by atoms with Gasteiger partial charge in [0.15, 0.2) is 5.89 Å². The van der Waals surface area contributed by atoms with Gasteiger partial charge in [-0.3, -0.25) is 9.20 Å². The predicted octanol–water partition coefficient (Wildman–Crippen LogP) is 3.99. The number of aromatic nitrogens is 4. The zero-order chi connectivity index (χ0) is 21.5. The van der Waals surface area contributed by atoms with Gasteiger partial charge in [0.25, 0.3) is 5.91 Å². The Morgan fingerprint density at radius 2 is 1.97 bits per heavy atom. The maximum Gasteiger partial charge on any atom is 0.293 e. The third-order valence-corrected chi connectivity index (χ3v) is 5.38. The van der Waals surface area contributed by atoms with Gasteiger partial charge in [-0.1, -0.05) is 0 Å². The first-order valence-corrected chi connectivity index (χ1v) is 10.1. The molecular formula is C22H21FN6O2. The topological polar surface area (TPSA) is 88.6 Å². The minimum atomic E-state index is -0.442. The first kappa shape index (κ1) is 19.2. The maximum absolute atomic E-state index is 14.6. The summed E-state index contributed by atoms with van der Waals surface area (Å²) in [7, 11) is 0. The van der Waals surface area contributed by atoms with Crippen LogP contribution in [0.25, 0.3) is 17.0 Å². The van der Waals surface area contributed by atoms with E-state index in [0.717, 1.165) is 18.8 Å². The van der Waals surface area contributed by atoms with E-state index in [1.54, 1.807) is 36.7 Å². The van der Waals surface area contributed by atoms with Gasteiger partial charge in [0.1, 0.15) is 5.82 Å². The molecule has 1 aromatic carbocycles. The number of anilines is 2. The van der Waals surface area contributed by atoms with Gasteiger partial charge in [-0.25, -0.2) is 19.3 Å². The predicted molar refractivity (Wildman–Crippen MR) is 114 cm³/mol. The Morgan fingerprint density at radius 1 is 1.16 bits per heavy atom. The van der Waals surface area contributed by atoms with Gasteiger partial charge in [0, 0.05) is 43.7 Å². The van der Waals surface area contributed by atoms with E-state index in [0.29, 0.717) is 28.7 Å². The zero-order valence-corrected chi connectivity index (χ0v) is 17.2. The van der Waals surface area contributed by atoms with Crippen molar-refractivity contribution >= 4 is 23.1 Å². The zero-order valence-electron chi connectivity index (χ0n) is 17.2. The second-order valence-electron chi connectivity index (χ2n) is 7.64. The molecule has 0 radical (unpaired) electrons. The van der Waals surface area contributed by atoms with Crippen LogP contribution in [0.4, 0.5) is 15.8 Å². The standard InChI is InChI=1S/C22H21FN6O2/c1-13-20(31-14(2)25-13)21(30)26-15-5-6-18(23)17(9-15)19-12-29-11-16(10-24-22(29)27-19)28-7-3-4-8-28/h5-6,9-12H,3-4,7-8H2,1-2H3,(H,26,30). The van der Waals surface area contributed by atoms with Gasteiger partial charge in [0.2, 0.25) is 11.5 Å². The summed E-state index contributed by atoms with van der Waals surface area (Å²) in [6.45, 7) is 5.39. The van der Waals surface area contributed by atoms with E-state index >= 15 is 0 Å². The second-order valence-corrected chi connectivity index (χ2v) is 7.64. The number of benzene rings is 1. The van der Waals surface area contributed by atoms with Gasteiger partial charge in [0.05, 0.1) is 23.3 Å². The number of hydrogen-bond donors (Lipinski definition) is 1. The molecule has 0 aliphatic carbocycles. The largest absolute Gasteiger partial charge is 0.436 e. The summed E-state index contributed by atoms with van der Waals surface area (Å²) in [5.74, 6) is 0.151. The summed E-state index contributed by atoms with van der Waals surface area (Å²) >= 11 is 0. The highest BCUT2D eigenvalue weighted by Crippen LogP contribution is 2.27. The van der Waals surface area contributed by atoms with Gasteiger partial charge >= 0.3 is 0 Å². The number of rotatable bonds is 4. The molecule has 1 aliphatic heterocycles. The number of fused-ring (bicyclic) bond motifs is 1. The molecule has 3 aromatic heterocycles. The van der Waals surface area contributed by atoms with Crippen molar-refractivity contribution in [1.29, 1.82) is 0 Å².